The number of aromatic nitrogens is 1. The van der Waals surface area contributed by atoms with E-state index in [4.69, 9.17) is 0 Å². The summed E-state index contributed by atoms with van der Waals surface area (Å²) in [5.74, 6) is 6.54. The Balaban J connectivity index is 1.95. The van der Waals surface area contributed by atoms with Crippen molar-refractivity contribution in [1.29, 1.82) is 0 Å². The predicted octanol–water partition coefficient (Wildman–Crippen LogP) is 4.29. The van der Waals surface area contributed by atoms with E-state index in [1.54, 1.807) is 0 Å². The molecule has 0 amide bonds. The summed E-state index contributed by atoms with van der Waals surface area (Å²) in [6.45, 7) is 9.59. The van der Waals surface area contributed by atoms with Gasteiger partial charge in [0.05, 0.1) is 6.54 Å². The van der Waals surface area contributed by atoms with E-state index in [2.05, 4.69) is 92.9 Å². The quantitative estimate of drug-likeness (QED) is 0.781. The van der Waals surface area contributed by atoms with E-state index in [1.807, 2.05) is 12.4 Å². The number of rotatable bonds is 4. The highest BCUT2D eigenvalue weighted by Gasteiger charge is 2.13. The second-order valence-electron chi connectivity index (χ2n) is 7.47. The fourth-order valence-corrected chi connectivity index (χ4v) is 2.45. The molecule has 1 heterocycles. The van der Waals surface area contributed by atoms with E-state index in [-0.39, 0.29) is 5.41 Å². The number of likely N-dealkylation sites (N-methyl/N-ethyl adjacent to an activating group) is 1. The lowest BCUT2D eigenvalue weighted by Crippen LogP contribution is -2.31. The standard InChI is InChI=1S/C22H28N2/c1-18(14-19-10-7-6-8-11-19)24(5)13-9-12-20-15-21(17-23-16-20)22(2,3)4/h6-8,10-11,15-18H,13-14H2,1-5H3/t18-/m1/s1. The topological polar surface area (TPSA) is 16.1 Å². The van der Waals surface area contributed by atoms with Crippen LogP contribution >= 0.6 is 0 Å². The summed E-state index contributed by atoms with van der Waals surface area (Å²) in [4.78, 5) is 6.62. The van der Waals surface area contributed by atoms with Gasteiger partial charge in [-0.25, -0.2) is 0 Å². The molecule has 0 N–H and O–H groups in total. The molecule has 0 unspecified atom stereocenters. The van der Waals surface area contributed by atoms with E-state index < -0.39 is 0 Å². The number of hydrogen-bond acceptors (Lipinski definition) is 2. The first-order chi connectivity index (χ1) is 11.4. The minimum Gasteiger partial charge on any atom is -0.292 e. The molecule has 2 nitrogen and oxygen atoms in total. The number of benzene rings is 1. The molecule has 0 spiro atoms. The normalized spacial score (nSPS) is 12.6. The zero-order chi connectivity index (χ0) is 17.6. The van der Waals surface area contributed by atoms with E-state index in [0.717, 1.165) is 18.5 Å². The second-order valence-corrected chi connectivity index (χ2v) is 7.47. The lowest BCUT2D eigenvalue weighted by atomic mass is 9.88. The monoisotopic (exact) mass is 320 g/mol. The Bertz CT molecular complexity index is 702. The van der Waals surface area contributed by atoms with Crippen LogP contribution in [0.5, 0.6) is 0 Å². The van der Waals surface area contributed by atoms with Gasteiger partial charge in [0.15, 0.2) is 0 Å². The van der Waals surface area contributed by atoms with Crippen LogP contribution in [0.25, 0.3) is 0 Å². The maximum absolute atomic E-state index is 4.32. The fourth-order valence-electron chi connectivity index (χ4n) is 2.45. The van der Waals surface area contributed by atoms with E-state index in [9.17, 15) is 0 Å². The van der Waals surface area contributed by atoms with Crippen molar-refractivity contribution >= 4 is 0 Å². The third-order valence-electron chi connectivity index (χ3n) is 4.29. The zero-order valence-corrected chi connectivity index (χ0v) is 15.5. The van der Waals surface area contributed by atoms with Gasteiger partial charge in [0, 0.05) is 24.0 Å². The lowest BCUT2D eigenvalue weighted by molar-refractivity contribution is 0.287. The first-order valence-corrected chi connectivity index (χ1v) is 8.55. The van der Waals surface area contributed by atoms with Crippen LogP contribution < -0.4 is 0 Å². The third kappa shape index (κ3) is 5.51. The molecule has 0 bridgehead atoms. The minimum absolute atomic E-state index is 0.103. The molecular formula is C22H28N2. The molecule has 1 aromatic heterocycles. The molecule has 0 saturated heterocycles. The summed E-state index contributed by atoms with van der Waals surface area (Å²) in [5.41, 5.74) is 3.68. The maximum Gasteiger partial charge on any atom is 0.0605 e. The smallest absolute Gasteiger partial charge is 0.0605 e. The van der Waals surface area contributed by atoms with Crippen LogP contribution in [0.1, 0.15) is 44.4 Å². The molecule has 126 valence electrons. The van der Waals surface area contributed by atoms with Crippen LogP contribution in [0.4, 0.5) is 0 Å². The largest absolute Gasteiger partial charge is 0.292 e. The van der Waals surface area contributed by atoms with Gasteiger partial charge in [-0.05, 0) is 43.0 Å². The first kappa shape index (κ1) is 18.2. The average molecular weight is 320 g/mol. The summed E-state index contributed by atoms with van der Waals surface area (Å²) in [7, 11) is 2.13. The molecule has 0 radical (unpaired) electrons. The molecule has 2 aromatic rings. The Morgan fingerprint density at radius 1 is 1.12 bits per heavy atom. The average Bonchev–Trinajstić information content (AvgIpc) is 2.55. The Kier molecular flexibility index (Phi) is 6.17. The van der Waals surface area contributed by atoms with Crippen LogP contribution in [0, 0.1) is 11.8 Å². The fraction of sp³-hybridized carbons (Fsp3) is 0.409. The number of hydrogen-bond donors (Lipinski definition) is 0. The van der Waals surface area contributed by atoms with Gasteiger partial charge in [0.2, 0.25) is 0 Å². The van der Waals surface area contributed by atoms with E-state index >= 15 is 0 Å². The van der Waals surface area contributed by atoms with Gasteiger partial charge in [0.25, 0.3) is 0 Å². The summed E-state index contributed by atoms with van der Waals surface area (Å²) in [5, 5.41) is 0. The van der Waals surface area contributed by atoms with Gasteiger partial charge < -0.3 is 0 Å². The molecule has 0 aliphatic rings. The highest BCUT2D eigenvalue weighted by Crippen LogP contribution is 2.21. The minimum atomic E-state index is 0.103. The van der Waals surface area contributed by atoms with Gasteiger partial charge >= 0.3 is 0 Å². The van der Waals surface area contributed by atoms with E-state index in [0.29, 0.717) is 6.04 Å². The summed E-state index contributed by atoms with van der Waals surface area (Å²) in [6.07, 6.45) is 4.81. The second kappa shape index (κ2) is 8.13. The van der Waals surface area contributed by atoms with Gasteiger partial charge in [-0.15, -0.1) is 0 Å². The number of pyridine rings is 1. The van der Waals surface area contributed by atoms with E-state index in [1.165, 1.54) is 11.1 Å². The van der Waals surface area contributed by atoms with Gasteiger partial charge in [0.1, 0.15) is 0 Å². The molecule has 2 rings (SSSR count). The molecule has 2 heteroatoms. The zero-order valence-electron chi connectivity index (χ0n) is 15.5. The van der Waals surface area contributed by atoms with Crippen LogP contribution in [-0.4, -0.2) is 29.5 Å². The highest BCUT2D eigenvalue weighted by atomic mass is 15.1. The van der Waals surface area contributed by atoms with Crippen LogP contribution in [0.2, 0.25) is 0 Å². The van der Waals surface area contributed by atoms with Crippen molar-refractivity contribution in [3.63, 3.8) is 0 Å². The summed E-state index contributed by atoms with van der Waals surface area (Å²) >= 11 is 0. The molecule has 0 aliphatic heterocycles. The molecular weight excluding hydrogens is 292 g/mol. The van der Waals surface area contributed by atoms with Crippen molar-refractivity contribution in [1.82, 2.24) is 9.88 Å². The third-order valence-corrected chi connectivity index (χ3v) is 4.29. The van der Waals surface area contributed by atoms with Crippen molar-refractivity contribution in [2.45, 2.75) is 45.6 Å². The summed E-state index contributed by atoms with van der Waals surface area (Å²) in [6, 6.07) is 13.2. The van der Waals surface area contributed by atoms with Crippen molar-refractivity contribution < 1.29 is 0 Å². The first-order valence-electron chi connectivity index (χ1n) is 8.55. The molecule has 1 atom stereocenters. The highest BCUT2D eigenvalue weighted by molar-refractivity contribution is 5.36. The van der Waals surface area contributed by atoms with Crippen LogP contribution in [0.3, 0.4) is 0 Å². The van der Waals surface area contributed by atoms with Gasteiger partial charge in [-0.1, -0.05) is 62.9 Å². The van der Waals surface area contributed by atoms with Crippen LogP contribution in [-0.2, 0) is 11.8 Å². The van der Waals surface area contributed by atoms with Crippen LogP contribution in [0.15, 0.2) is 48.8 Å². The van der Waals surface area contributed by atoms with Crippen molar-refractivity contribution in [2.24, 2.45) is 0 Å². The Morgan fingerprint density at radius 2 is 1.83 bits per heavy atom. The van der Waals surface area contributed by atoms with Crippen molar-refractivity contribution in [3.05, 3.63) is 65.5 Å². The SMILES string of the molecule is C[C@H](Cc1ccccc1)N(C)CC#Cc1cncc(C(C)(C)C)c1. The maximum atomic E-state index is 4.32. The Hall–Kier alpha value is -2.11. The predicted molar refractivity (Wildman–Crippen MR) is 102 cm³/mol. The van der Waals surface area contributed by atoms with Gasteiger partial charge in [-0.2, -0.15) is 0 Å². The Labute approximate surface area is 146 Å². The van der Waals surface area contributed by atoms with Crippen molar-refractivity contribution in [3.8, 4) is 11.8 Å². The number of nitrogens with zero attached hydrogens (tertiary/aromatic N) is 2. The molecule has 0 aliphatic carbocycles. The van der Waals surface area contributed by atoms with Gasteiger partial charge in [-0.3, -0.25) is 9.88 Å². The Morgan fingerprint density at radius 3 is 2.50 bits per heavy atom. The molecule has 0 saturated carbocycles. The molecule has 0 fully saturated rings. The molecule has 1 aromatic carbocycles. The van der Waals surface area contributed by atoms with Crippen molar-refractivity contribution in [2.75, 3.05) is 13.6 Å². The molecule has 24 heavy (non-hydrogen) atoms. The summed E-state index contributed by atoms with van der Waals surface area (Å²) < 4.78 is 0. The lowest BCUT2D eigenvalue weighted by Gasteiger charge is -2.22.